The van der Waals surface area contributed by atoms with Crippen molar-refractivity contribution in [3.8, 4) is 12.3 Å². The van der Waals surface area contributed by atoms with Gasteiger partial charge in [-0.1, -0.05) is 5.92 Å². The third kappa shape index (κ3) is 2.10. The van der Waals surface area contributed by atoms with Crippen LogP contribution < -0.4 is 5.73 Å². The lowest BCUT2D eigenvalue weighted by atomic mass is 10.00. The second-order valence-electron chi connectivity index (χ2n) is 4.03. The van der Waals surface area contributed by atoms with Gasteiger partial charge in [-0.25, -0.2) is 9.78 Å². The molecule has 19 heavy (non-hydrogen) atoms. The molecule has 0 amide bonds. The van der Waals surface area contributed by atoms with Gasteiger partial charge in [0.2, 0.25) is 0 Å². The minimum atomic E-state index is -0.521. The molecule has 6 heteroatoms. The SMILES string of the molecule is C#CC(C)c1nc2[nH]ncc2c(N)c1C(=O)OCC. The van der Waals surface area contributed by atoms with Crippen LogP contribution in [0.25, 0.3) is 11.0 Å². The van der Waals surface area contributed by atoms with Crippen LogP contribution in [-0.2, 0) is 4.74 Å². The number of pyridine rings is 1. The van der Waals surface area contributed by atoms with Crippen LogP contribution >= 0.6 is 0 Å². The first-order valence-electron chi connectivity index (χ1n) is 5.85. The van der Waals surface area contributed by atoms with E-state index in [1.54, 1.807) is 13.8 Å². The molecule has 0 aliphatic carbocycles. The maximum Gasteiger partial charge on any atom is 0.342 e. The lowest BCUT2D eigenvalue weighted by Gasteiger charge is -2.13. The molecular formula is C13H14N4O2. The van der Waals surface area contributed by atoms with Gasteiger partial charge in [0.05, 0.1) is 35.5 Å². The number of nitrogens with one attached hydrogen (secondary N) is 1. The van der Waals surface area contributed by atoms with E-state index in [0.717, 1.165) is 0 Å². The molecular weight excluding hydrogens is 244 g/mol. The molecule has 1 unspecified atom stereocenters. The van der Waals surface area contributed by atoms with Gasteiger partial charge in [-0.15, -0.1) is 6.42 Å². The summed E-state index contributed by atoms with van der Waals surface area (Å²) >= 11 is 0. The number of ether oxygens (including phenoxy) is 1. The van der Waals surface area contributed by atoms with Crippen LogP contribution in [0, 0.1) is 12.3 Å². The monoisotopic (exact) mass is 258 g/mol. The highest BCUT2D eigenvalue weighted by Crippen LogP contribution is 2.29. The molecule has 98 valence electrons. The molecule has 0 spiro atoms. The quantitative estimate of drug-likeness (QED) is 0.642. The van der Waals surface area contributed by atoms with E-state index in [9.17, 15) is 4.79 Å². The summed E-state index contributed by atoms with van der Waals surface area (Å²) in [4.78, 5) is 16.4. The van der Waals surface area contributed by atoms with E-state index >= 15 is 0 Å². The third-order valence-corrected chi connectivity index (χ3v) is 2.81. The van der Waals surface area contributed by atoms with Crippen molar-refractivity contribution in [1.29, 1.82) is 0 Å². The summed E-state index contributed by atoms with van der Waals surface area (Å²) in [5.74, 6) is 1.67. The van der Waals surface area contributed by atoms with Crippen LogP contribution in [0.2, 0.25) is 0 Å². The van der Waals surface area contributed by atoms with E-state index in [0.29, 0.717) is 16.7 Å². The zero-order chi connectivity index (χ0) is 14.0. The minimum absolute atomic E-state index is 0.223. The number of anilines is 1. The molecule has 0 bridgehead atoms. The number of H-pyrrole nitrogens is 1. The number of nitrogens with zero attached hydrogens (tertiary/aromatic N) is 2. The zero-order valence-electron chi connectivity index (χ0n) is 10.7. The predicted octanol–water partition coefficient (Wildman–Crippen LogP) is 1.45. The molecule has 0 aliphatic rings. The van der Waals surface area contributed by atoms with Crippen LogP contribution in [0.5, 0.6) is 0 Å². The van der Waals surface area contributed by atoms with Crippen molar-refractivity contribution in [3.63, 3.8) is 0 Å². The highest BCUT2D eigenvalue weighted by atomic mass is 16.5. The Hall–Kier alpha value is -2.55. The first-order valence-corrected chi connectivity index (χ1v) is 5.85. The summed E-state index contributed by atoms with van der Waals surface area (Å²) < 4.78 is 5.01. The van der Waals surface area contributed by atoms with E-state index in [1.165, 1.54) is 6.20 Å². The van der Waals surface area contributed by atoms with E-state index in [2.05, 4.69) is 21.1 Å². The average molecular weight is 258 g/mol. The van der Waals surface area contributed by atoms with Gasteiger partial charge in [-0.2, -0.15) is 5.10 Å². The molecule has 2 aromatic rings. The van der Waals surface area contributed by atoms with Crippen molar-refractivity contribution in [2.75, 3.05) is 12.3 Å². The molecule has 2 rings (SSSR count). The molecule has 0 saturated carbocycles. The van der Waals surface area contributed by atoms with Gasteiger partial charge in [0.1, 0.15) is 5.56 Å². The fraction of sp³-hybridized carbons (Fsp3) is 0.308. The lowest BCUT2D eigenvalue weighted by Crippen LogP contribution is -2.14. The van der Waals surface area contributed by atoms with Crippen LogP contribution in [-0.4, -0.2) is 27.8 Å². The van der Waals surface area contributed by atoms with Crippen LogP contribution in [0.3, 0.4) is 0 Å². The Kier molecular flexibility index (Phi) is 3.38. The number of aromatic nitrogens is 3. The van der Waals surface area contributed by atoms with Gasteiger partial charge in [0.25, 0.3) is 0 Å². The van der Waals surface area contributed by atoms with Crippen molar-refractivity contribution in [2.45, 2.75) is 19.8 Å². The summed E-state index contributed by atoms with van der Waals surface area (Å²) in [6, 6.07) is 0. The van der Waals surface area contributed by atoms with E-state index in [4.69, 9.17) is 16.9 Å². The molecule has 0 saturated heterocycles. The summed E-state index contributed by atoms with van der Waals surface area (Å²) in [7, 11) is 0. The van der Waals surface area contributed by atoms with E-state index in [-0.39, 0.29) is 23.8 Å². The molecule has 0 fully saturated rings. The van der Waals surface area contributed by atoms with Crippen molar-refractivity contribution in [2.24, 2.45) is 0 Å². The van der Waals surface area contributed by atoms with Crippen molar-refractivity contribution < 1.29 is 9.53 Å². The molecule has 2 heterocycles. The number of nitrogens with two attached hydrogens (primary N) is 1. The van der Waals surface area contributed by atoms with Crippen LogP contribution in [0.4, 0.5) is 5.69 Å². The van der Waals surface area contributed by atoms with Gasteiger partial charge in [0.15, 0.2) is 5.65 Å². The van der Waals surface area contributed by atoms with Gasteiger partial charge < -0.3 is 10.5 Å². The Morgan fingerprint density at radius 1 is 1.68 bits per heavy atom. The van der Waals surface area contributed by atoms with Gasteiger partial charge >= 0.3 is 5.97 Å². The zero-order valence-corrected chi connectivity index (χ0v) is 10.7. The van der Waals surface area contributed by atoms with E-state index < -0.39 is 5.97 Å². The Labute approximate surface area is 110 Å². The largest absolute Gasteiger partial charge is 0.462 e. The van der Waals surface area contributed by atoms with Crippen molar-refractivity contribution in [3.05, 3.63) is 17.5 Å². The first-order chi connectivity index (χ1) is 9.10. The number of rotatable bonds is 3. The number of carbonyl (C=O) groups is 1. The number of hydrogen-bond donors (Lipinski definition) is 2. The van der Waals surface area contributed by atoms with Crippen molar-refractivity contribution >= 4 is 22.7 Å². The fourth-order valence-electron chi connectivity index (χ4n) is 1.82. The summed E-state index contributed by atoms with van der Waals surface area (Å²) in [5.41, 5.74) is 7.46. The third-order valence-electron chi connectivity index (χ3n) is 2.81. The Balaban J connectivity index is 2.72. The predicted molar refractivity (Wildman–Crippen MR) is 71.5 cm³/mol. The number of carbonyl (C=O) groups excluding carboxylic acids is 1. The normalized spacial score (nSPS) is 12.1. The van der Waals surface area contributed by atoms with Crippen LogP contribution in [0.15, 0.2) is 6.20 Å². The number of terminal acetylenes is 1. The van der Waals surface area contributed by atoms with Crippen LogP contribution in [0.1, 0.15) is 35.8 Å². The topological polar surface area (TPSA) is 93.9 Å². The second kappa shape index (κ2) is 4.98. The number of esters is 1. The maximum absolute atomic E-state index is 12.0. The number of nitrogen functional groups attached to an aromatic ring is 1. The molecule has 2 aromatic heterocycles. The second-order valence-corrected chi connectivity index (χ2v) is 4.03. The average Bonchev–Trinajstić information content (AvgIpc) is 2.86. The Morgan fingerprint density at radius 3 is 3.05 bits per heavy atom. The highest BCUT2D eigenvalue weighted by Gasteiger charge is 2.24. The highest BCUT2D eigenvalue weighted by molar-refractivity contribution is 6.04. The van der Waals surface area contributed by atoms with E-state index in [1.807, 2.05) is 0 Å². The Morgan fingerprint density at radius 2 is 2.42 bits per heavy atom. The molecule has 0 radical (unpaired) electrons. The molecule has 0 aliphatic heterocycles. The first kappa shape index (κ1) is 12.9. The maximum atomic E-state index is 12.0. The van der Waals surface area contributed by atoms with Gasteiger partial charge in [-0.05, 0) is 13.8 Å². The van der Waals surface area contributed by atoms with Gasteiger partial charge in [0, 0.05) is 0 Å². The lowest BCUT2D eigenvalue weighted by molar-refractivity contribution is 0.0526. The van der Waals surface area contributed by atoms with Gasteiger partial charge in [-0.3, -0.25) is 5.10 Å². The standard InChI is InChI=1S/C13H14N4O2/c1-4-7(3)11-9(13(18)19-5-2)10(14)8-6-15-17-12(8)16-11/h1,6-7H,5H2,2-3H3,(H3,14,15,16,17). The number of fused-ring (bicyclic) bond motifs is 1. The molecule has 6 nitrogen and oxygen atoms in total. The summed E-state index contributed by atoms with van der Waals surface area (Å²) in [5, 5.41) is 7.16. The smallest absolute Gasteiger partial charge is 0.342 e. The molecule has 0 aromatic carbocycles. The number of hydrogen-bond acceptors (Lipinski definition) is 5. The minimum Gasteiger partial charge on any atom is -0.462 e. The van der Waals surface area contributed by atoms with Crippen molar-refractivity contribution in [1.82, 2.24) is 15.2 Å². The number of aromatic amines is 1. The molecule has 3 N–H and O–H groups in total. The fourth-order valence-corrected chi connectivity index (χ4v) is 1.82. The molecule has 1 atom stereocenters. The summed E-state index contributed by atoms with van der Waals surface area (Å²) in [6.45, 7) is 3.75. The Bertz CT molecular complexity index is 669. The summed E-state index contributed by atoms with van der Waals surface area (Å²) in [6.07, 6.45) is 6.93.